The summed E-state index contributed by atoms with van der Waals surface area (Å²) in [6.45, 7) is 3.67. The molecule has 0 amide bonds. The summed E-state index contributed by atoms with van der Waals surface area (Å²) in [5.74, 6) is -1.65. The van der Waals surface area contributed by atoms with Gasteiger partial charge >= 0.3 is 5.97 Å². The number of ether oxygens (including phenoxy) is 1. The molecule has 0 fully saturated rings. The maximum absolute atomic E-state index is 14.8. The van der Waals surface area contributed by atoms with Gasteiger partial charge in [0.1, 0.15) is 23.7 Å². The molecule has 2 aromatic heterocycles. The zero-order valence-corrected chi connectivity index (χ0v) is 21.1. The molecule has 0 spiro atoms. The monoisotopic (exact) mass is 524 g/mol. The highest BCUT2D eigenvalue weighted by Crippen LogP contribution is 2.32. The number of benzene rings is 2. The molecule has 7 nitrogen and oxygen atoms in total. The Labute approximate surface area is 217 Å². The van der Waals surface area contributed by atoms with E-state index in [9.17, 15) is 24.2 Å². The van der Waals surface area contributed by atoms with E-state index in [1.165, 1.54) is 18.3 Å². The Balaban J connectivity index is 1.96. The topological polar surface area (TPSA) is 102 Å². The van der Waals surface area contributed by atoms with Crippen LogP contribution in [-0.4, -0.2) is 32.3 Å². The second-order valence-corrected chi connectivity index (χ2v) is 9.50. The number of aliphatic hydroxyl groups is 1. The van der Waals surface area contributed by atoms with Gasteiger partial charge in [0.05, 0.1) is 23.2 Å². The summed E-state index contributed by atoms with van der Waals surface area (Å²) in [5.41, 5.74) is 0.883. The number of aromatic nitrogens is 2. The third-order valence-corrected chi connectivity index (χ3v) is 6.58. The van der Waals surface area contributed by atoms with Crippen molar-refractivity contribution in [1.29, 1.82) is 0 Å². The third-order valence-electron chi connectivity index (χ3n) is 6.29. The van der Waals surface area contributed by atoms with Crippen molar-refractivity contribution >= 4 is 28.5 Å². The molecule has 192 valence electrons. The number of pyridine rings is 2. The van der Waals surface area contributed by atoms with Gasteiger partial charge < -0.3 is 19.5 Å². The van der Waals surface area contributed by atoms with Crippen LogP contribution in [-0.2, 0) is 13.0 Å². The first kappa shape index (κ1) is 26.3. The van der Waals surface area contributed by atoms with E-state index >= 15 is 0 Å². The number of aliphatic hydroxyl groups excluding tert-OH is 1. The largest absolute Gasteiger partial charge is 0.488 e. The van der Waals surface area contributed by atoms with Crippen LogP contribution in [0.2, 0.25) is 5.02 Å². The molecule has 4 aromatic rings. The van der Waals surface area contributed by atoms with E-state index in [0.717, 1.165) is 5.56 Å². The van der Waals surface area contributed by atoms with Gasteiger partial charge in [0.2, 0.25) is 5.43 Å². The van der Waals surface area contributed by atoms with Crippen molar-refractivity contribution in [3.63, 3.8) is 0 Å². The van der Waals surface area contributed by atoms with E-state index in [-0.39, 0.29) is 36.0 Å². The Morgan fingerprint density at radius 3 is 2.62 bits per heavy atom. The first-order valence-electron chi connectivity index (χ1n) is 11.7. The molecule has 0 bridgehead atoms. The van der Waals surface area contributed by atoms with Gasteiger partial charge in [-0.3, -0.25) is 9.78 Å². The summed E-state index contributed by atoms with van der Waals surface area (Å²) in [4.78, 5) is 29.2. The van der Waals surface area contributed by atoms with Gasteiger partial charge in [-0.05, 0) is 35.2 Å². The number of rotatable bonds is 9. The van der Waals surface area contributed by atoms with Crippen LogP contribution >= 0.6 is 11.6 Å². The highest BCUT2D eigenvalue weighted by Gasteiger charge is 2.23. The van der Waals surface area contributed by atoms with Crippen LogP contribution in [0, 0.1) is 11.7 Å². The minimum Gasteiger partial charge on any atom is -0.488 e. The van der Waals surface area contributed by atoms with E-state index in [2.05, 4.69) is 4.98 Å². The van der Waals surface area contributed by atoms with Crippen LogP contribution in [0.25, 0.3) is 10.9 Å². The average molecular weight is 525 g/mol. The SMILES string of the molecule is CC(C)C(CO)n1cc(C(=O)O)c(=O)c2cc(Cc3cccc(Cl)c3F)c(OCc3cccnc3)cc21. The fraction of sp³-hybridized carbons (Fsp3) is 0.250. The number of carboxylic acids is 1. The fourth-order valence-electron chi connectivity index (χ4n) is 4.28. The second-order valence-electron chi connectivity index (χ2n) is 9.10. The lowest BCUT2D eigenvalue weighted by Gasteiger charge is -2.25. The molecule has 2 aromatic carbocycles. The van der Waals surface area contributed by atoms with Crippen LogP contribution < -0.4 is 10.2 Å². The molecule has 1 unspecified atom stereocenters. The molecular weight excluding hydrogens is 499 g/mol. The quantitative estimate of drug-likeness (QED) is 0.310. The molecule has 2 heterocycles. The molecule has 0 radical (unpaired) electrons. The molecule has 0 saturated heterocycles. The van der Waals surface area contributed by atoms with Crippen molar-refractivity contribution in [1.82, 2.24) is 9.55 Å². The summed E-state index contributed by atoms with van der Waals surface area (Å²) in [6.07, 6.45) is 4.61. The summed E-state index contributed by atoms with van der Waals surface area (Å²) < 4.78 is 22.5. The second kappa shape index (κ2) is 11.1. The lowest BCUT2D eigenvalue weighted by molar-refractivity contribution is 0.0694. The molecule has 9 heteroatoms. The number of halogens is 2. The molecule has 2 N–H and O–H groups in total. The summed E-state index contributed by atoms with van der Waals surface area (Å²) in [7, 11) is 0. The lowest BCUT2D eigenvalue weighted by Crippen LogP contribution is -2.25. The smallest absolute Gasteiger partial charge is 0.341 e. The minimum atomic E-state index is -1.37. The number of nitrogens with zero attached hydrogens (tertiary/aromatic N) is 2. The predicted octanol–water partition coefficient (Wildman–Crippen LogP) is 5.25. The zero-order chi connectivity index (χ0) is 26.7. The Morgan fingerprint density at radius 1 is 1.19 bits per heavy atom. The van der Waals surface area contributed by atoms with E-state index in [1.807, 2.05) is 19.9 Å². The van der Waals surface area contributed by atoms with Crippen molar-refractivity contribution in [3.8, 4) is 5.75 Å². The molecule has 0 aliphatic heterocycles. The van der Waals surface area contributed by atoms with Crippen molar-refractivity contribution in [3.05, 3.63) is 104 Å². The van der Waals surface area contributed by atoms with Gasteiger partial charge in [0.15, 0.2) is 0 Å². The van der Waals surface area contributed by atoms with E-state index in [4.69, 9.17) is 16.3 Å². The number of carboxylic acid groups (broad SMARTS) is 1. The maximum Gasteiger partial charge on any atom is 0.341 e. The van der Waals surface area contributed by atoms with Crippen LogP contribution in [0.3, 0.4) is 0 Å². The van der Waals surface area contributed by atoms with Crippen LogP contribution in [0.5, 0.6) is 5.75 Å². The first-order chi connectivity index (χ1) is 17.7. The van der Waals surface area contributed by atoms with Gasteiger partial charge in [-0.25, -0.2) is 9.18 Å². The van der Waals surface area contributed by atoms with Crippen LogP contribution in [0.1, 0.15) is 46.9 Å². The predicted molar refractivity (Wildman–Crippen MR) is 139 cm³/mol. The van der Waals surface area contributed by atoms with Gasteiger partial charge in [0.25, 0.3) is 0 Å². The molecule has 0 aliphatic rings. The number of fused-ring (bicyclic) bond motifs is 1. The highest BCUT2D eigenvalue weighted by molar-refractivity contribution is 6.30. The summed E-state index contributed by atoms with van der Waals surface area (Å²) >= 11 is 5.98. The fourth-order valence-corrected chi connectivity index (χ4v) is 4.47. The lowest BCUT2D eigenvalue weighted by atomic mass is 9.98. The standard InChI is InChI=1S/C28H26ClFN2O5/c1-16(2)24(14-33)32-13-21(28(35)36)27(34)20-10-19(9-18-6-3-7-22(29)26(18)30)25(11-23(20)32)37-15-17-5-4-8-31-12-17/h3-8,10-13,16,24,33H,9,14-15H2,1-2H3,(H,35,36). The minimum absolute atomic E-state index is 0.0330. The first-order valence-corrected chi connectivity index (χ1v) is 12.1. The van der Waals surface area contributed by atoms with Crippen molar-refractivity contribution < 1.29 is 24.1 Å². The van der Waals surface area contributed by atoms with E-state index in [1.54, 1.807) is 41.2 Å². The Hall–Kier alpha value is -3.75. The normalized spacial score (nSPS) is 12.2. The molecular formula is C28H26ClFN2O5. The Bertz CT molecular complexity index is 1500. The summed E-state index contributed by atoms with van der Waals surface area (Å²) in [5, 5.41) is 19.9. The van der Waals surface area contributed by atoms with Gasteiger partial charge in [-0.2, -0.15) is 0 Å². The molecule has 4 rings (SSSR count). The van der Waals surface area contributed by atoms with E-state index < -0.39 is 28.8 Å². The average Bonchev–Trinajstić information content (AvgIpc) is 2.87. The van der Waals surface area contributed by atoms with Crippen molar-refractivity contribution in [2.45, 2.75) is 32.9 Å². The maximum atomic E-state index is 14.8. The Kier molecular flexibility index (Phi) is 7.90. The summed E-state index contributed by atoms with van der Waals surface area (Å²) in [6, 6.07) is 11.0. The molecule has 0 aliphatic carbocycles. The molecule has 1 atom stereocenters. The van der Waals surface area contributed by atoms with Crippen LogP contribution in [0.15, 0.2) is 65.8 Å². The van der Waals surface area contributed by atoms with Gasteiger partial charge in [-0.15, -0.1) is 0 Å². The van der Waals surface area contributed by atoms with E-state index in [0.29, 0.717) is 22.4 Å². The zero-order valence-electron chi connectivity index (χ0n) is 20.3. The molecule has 37 heavy (non-hydrogen) atoms. The number of aromatic carboxylic acids is 1. The van der Waals surface area contributed by atoms with Gasteiger partial charge in [0, 0.05) is 42.0 Å². The number of hydrogen-bond acceptors (Lipinski definition) is 5. The van der Waals surface area contributed by atoms with Crippen molar-refractivity contribution in [2.24, 2.45) is 5.92 Å². The number of carbonyl (C=O) groups is 1. The van der Waals surface area contributed by atoms with Crippen LogP contribution in [0.4, 0.5) is 4.39 Å². The highest BCUT2D eigenvalue weighted by atomic mass is 35.5. The Morgan fingerprint density at radius 2 is 1.97 bits per heavy atom. The van der Waals surface area contributed by atoms with Crippen molar-refractivity contribution in [2.75, 3.05) is 6.61 Å². The number of hydrogen-bond donors (Lipinski definition) is 2. The van der Waals surface area contributed by atoms with Gasteiger partial charge in [-0.1, -0.05) is 43.6 Å². The molecule has 0 saturated carbocycles. The third kappa shape index (κ3) is 5.50.